The number of rotatable bonds is 3. The van der Waals surface area contributed by atoms with Crippen LogP contribution in [-0.2, 0) is 6.54 Å². The first-order valence-electron chi connectivity index (χ1n) is 5.80. The molecule has 1 aromatic carbocycles. The molecule has 17 heavy (non-hydrogen) atoms. The standard InChI is InChI=1S/C13H16FNO2/c1-9-4-5-15(7-9)8-10-2-3-12(14)11(6-10)13(16)17/h2-3,6,9H,4-5,7-8H2,1H3,(H,16,17). The van der Waals surface area contributed by atoms with E-state index in [1.165, 1.54) is 18.6 Å². The molecule has 0 aromatic heterocycles. The number of halogens is 1. The van der Waals surface area contributed by atoms with Gasteiger partial charge in [0.2, 0.25) is 0 Å². The third-order valence-corrected chi connectivity index (χ3v) is 3.18. The van der Waals surface area contributed by atoms with E-state index >= 15 is 0 Å². The van der Waals surface area contributed by atoms with E-state index < -0.39 is 11.8 Å². The topological polar surface area (TPSA) is 40.5 Å². The van der Waals surface area contributed by atoms with Gasteiger partial charge in [-0.05, 0) is 36.6 Å². The maximum absolute atomic E-state index is 13.2. The predicted molar refractivity (Wildman–Crippen MR) is 62.4 cm³/mol. The molecule has 1 N–H and O–H groups in total. The fourth-order valence-electron chi connectivity index (χ4n) is 2.26. The minimum absolute atomic E-state index is 0.241. The summed E-state index contributed by atoms with van der Waals surface area (Å²) in [5.74, 6) is -1.19. The molecule has 1 heterocycles. The van der Waals surface area contributed by atoms with E-state index in [2.05, 4.69) is 11.8 Å². The minimum atomic E-state index is -1.21. The molecule has 92 valence electrons. The van der Waals surface area contributed by atoms with E-state index in [1.807, 2.05) is 0 Å². The van der Waals surface area contributed by atoms with Crippen molar-refractivity contribution in [2.45, 2.75) is 19.9 Å². The van der Waals surface area contributed by atoms with Crippen LogP contribution in [0.3, 0.4) is 0 Å². The molecule has 0 spiro atoms. The fourth-order valence-corrected chi connectivity index (χ4v) is 2.26. The predicted octanol–water partition coefficient (Wildman–Crippen LogP) is 2.37. The smallest absolute Gasteiger partial charge is 0.338 e. The fraction of sp³-hybridized carbons (Fsp3) is 0.462. The lowest BCUT2D eigenvalue weighted by Crippen LogP contribution is -2.20. The van der Waals surface area contributed by atoms with Crippen LogP contribution in [0.15, 0.2) is 18.2 Å². The van der Waals surface area contributed by atoms with E-state index in [4.69, 9.17) is 5.11 Å². The number of benzene rings is 1. The largest absolute Gasteiger partial charge is 0.478 e. The van der Waals surface area contributed by atoms with Crippen molar-refractivity contribution in [1.29, 1.82) is 0 Å². The zero-order valence-electron chi connectivity index (χ0n) is 9.82. The summed E-state index contributed by atoms with van der Waals surface area (Å²) in [4.78, 5) is 13.1. The van der Waals surface area contributed by atoms with Gasteiger partial charge >= 0.3 is 5.97 Å². The lowest BCUT2D eigenvalue weighted by Gasteiger charge is -2.15. The first-order valence-corrected chi connectivity index (χ1v) is 5.80. The van der Waals surface area contributed by atoms with Crippen LogP contribution < -0.4 is 0 Å². The zero-order chi connectivity index (χ0) is 12.4. The molecule has 1 aliphatic rings. The second-order valence-electron chi connectivity index (χ2n) is 4.75. The zero-order valence-corrected chi connectivity index (χ0v) is 9.82. The highest BCUT2D eigenvalue weighted by molar-refractivity contribution is 5.88. The summed E-state index contributed by atoms with van der Waals surface area (Å²) in [6.45, 7) is 4.96. The van der Waals surface area contributed by atoms with E-state index in [1.54, 1.807) is 6.07 Å². The first-order chi connectivity index (χ1) is 8.06. The maximum Gasteiger partial charge on any atom is 0.338 e. The molecule has 1 saturated heterocycles. The molecular weight excluding hydrogens is 221 g/mol. The Balaban J connectivity index is 2.11. The van der Waals surface area contributed by atoms with Gasteiger partial charge in [-0.2, -0.15) is 0 Å². The van der Waals surface area contributed by atoms with Gasteiger partial charge in [0, 0.05) is 13.1 Å². The molecule has 1 aliphatic heterocycles. The Morgan fingerprint density at radius 1 is 1.59 bits per heavy atom. The van der Waals surface area contributed by atoms with Gasteiger partial charge < -0.3 is 5.11 Å². The number of hydrogen-bond donors (Lipinski definition) is 1. The Hall–Kier alpha value is -1.42. The van der Waals surface area contributed by atoms with Crippen LogP contribution in [0.25, 0.3) is 0 Å². The van der Waals surface area contributed by atoms with Crippen molar-refractivity contribution in [3.05, 3.63) is 35.1 Å². The quantitative estimate of drug-likeness (QED) is 0.877. The van der Waals surface area contributed by atoms with Crippen molar-refractivity contribution in [2.24, 2.45) is 5.92 Å². The highest BCUT2D eigenvalue weighted by Crippen LogP contribution is 2.19. The van der Waals surface area contributed by atoms with E-state index in [9.17, 15) is 9.18 Å². The van der Waals surface area contributed by atoms with E-state index in [0.717, 1.165) is 18.7 Å². The van der Waals surface area contributed by atoms with Crippen molar-refractivity contribution in [3.8, 4) is 0 Å². The first kappa shape index (κ1) is 12.0. The lowest BCUT2D eigenvalue weighted by molar-refractivity contribution is 0.0691. The molecular formula is C13H16FNO2. The van der Waals surface area contributed by atoms with Crippen molar-refractivity contribution in [3.63, 3.8) is 0 Å². The van der Waals surface area contributed by atoms with Gasteiger partial charge in [-0.25, -0.2) is 9.18 Å². The molecule has 3 nitrogen and oxygen atoms in total. The number of hydrogen-bond acceptors (Lipinski definition) is 2. The van der Waals surface area contributed by atoms with Crippen LogP contribution in [0.4, 0.5) is 4.39 Å². The summed E-state index contributed by atoms with van der Waals surface area (Å²) in [6.07, 6.45) is 1.17. The maximum atomic E-state index is 13.2. The molecule has 4 heteroatoms. The summed E-state index contributed by atoms with van der Waals surface area (Å²) in [5.41, 5.74) is 0.618. The SMILES string of the molecule is CC1CCN(Cc2ccc(F)c(C(=O)O)c2)C1. The van der Waals surface area contributed by atoms with Gasteiger partial charge in [0.1, 0.15) is 5.82 Å². The van der Waals surface area contributed by atoms with Crippen molar-refractivity contribution < 1.29 is 14.3 Å². The summed E-state index contributed by atoms with van der Waals surface area (Å²) in [6, 6.07) is 4.32. The van der Waals surface area contributed by atoms with Crippen LogP contribution in [0, 0.1) is 11.7 Å². The van der Waals surface area contributed by atoms with Gasteiger partial charge in [-0.15, -0.1) is 0 Å². The molecule has 1 fully saturated rings. The molecule has 0 amide bonds. The van der Waals surface area contributed by atoms with Gasteiger partial charge in [0.05, 0.1) is 5.56 Å². The third-order valence-electron chi connectivity index (χ3n) is 3.18. The van der Waals surface area contributed by atoms with Crippen LogP contribution >= 0.6 is 0 Å². The van der Waals surface area contributed by atoms with Crippen molar-refractivity contribution in [1.82, 2.24) is 4.90 Å². The monoisotopic (exact) mass is 237 g/mol. The normalized spacial score (nSPS) is 20.7. The number of likely N-dealkylation sites (tertiary alicyclic amines) is 1. The third kappa shape index (κ3) is 2.82. The Kier molecular flexibility index (Phi) is 3.43. The van der Waals surface area contributed by atoms with Crippen LogP contribution in [0.1, 0.15) is 29.3 Å². The molecule has 0 aliphatic carbocycles. The van der Waals surface area contributed by atoms with E-state index in [-0.39, 0.29) is 5.56 Å². The summed E-state index contributed by atoms with van der Waals surface area (Å²) in [5, 5.41) is 8.84. The highest BCUT2D eigenvalue weighted by atomic mass is 19.1. The Morgan fingerprint density at radius 2 is 2.35 bits per heavy atom. The summed E-state index contributed by atoms with van der Waals surface area (Å²) >= 11 is 0. The molecule has 2 rings (SSSR count). The highest BCUT2D eigenvalue weighted by Gasteiger charge is 2.19. The molecule has 1 atom stereocenters. The number of carboxylic acid groups (broad SMARTS) is 1. The average Bonchev–Trinajstić information content (AvgIpc) is 2.66. The molecule has 0 saturated carbocycles. The van der Waals surface area contributed by atoms with Crippen molar-refractivity contribution in [2.75, 3.05) is 13.1 Å². The number of nitrogens with zero attached hydrogens (tertiary/aromatic N) is 1. The minimum Gasteiger partial charge on any atom is -0.478 e. The second-order valence-corrected chi connectivity index (χ2v) is 4.75. The van der Waals surface area contributed by atoms with Gasteiger partial charge in [0.25, 0.3) is 0 Å². The van der Waals surface area contributed by atoms with Gasteiger partial charge in [-0.3, -0.25) is 4.90 Å². The molecule has 0 bridgehead atoms. The van der Waals surface area contributed by atoms with Crippen molar-refractivity contribution >= 4 is 5.97 Å². The van der Waals surface area contributed by atoms with Crippen LogP contribution in [0.5, 0.6) is 0 Å². The summed E-state index contributed by atoms with van der Waals surface area (Å²) in [7, 11) is 0. The Bertz CT molecular complexity index is 433. The molecule has 1 aromatic rings. The second kappa shape index (κ2) is 4.84. The summed E-state index contributed by atoms with van der Waals surface area (Å²) < 4.78 is 13.2. The molecule has 1 unspecified atom stereocenters. The lowest BCUT2D eigenvalue weighted by atomic mass is 10.1. The number of carboxylic acids is 1. The van der Waals surface area contributed by atoms with E-state index in [0.29, 0.717) is 12.5 Å². The molecule has 0 radical (unpaired) electrons. The number of carbonyl (C=O) groups is 1. The number of aromatic carboxylic acids is 1. The Morgan fingerprint density at radius 3 is 2.94 bits per heavy atom. The van der Waals surface area contributed by atoms with Crippen LogP contribution in [0.2, 0.25) is 0 Å². The van der Waals surface area contributed by atoms with Gasteiger partial charge in [0.15, 0.2) is 0 Å². The van der Waals surface area contributed by atoms with Crippen LogP contribution in [-0.4, -0.2) is 29.1 Å². The Labute approximate surface area is 99.9 Å². The van der Waals surface area contributed by atoms with Gasteiger partial charge in [-0.1, -0.05) is 13.0 Å². The average molecular weight is 237 g/mol.